The number of carbonyl (C=O) groups is 1. The highest BCUT2D eigenvalue weighted by molar-refractivity contribution is 5.96. The highest BCUT2D eigenvalue weighted by Gasteiger charge is 2.47. The Morgan fingerprint density at radius 1 is 1.42 bits per heavy atom. The minimum Gasteiger partial charge on any atom is -0.481 e. The Morgan fingerprint density at radius 2 is 2.12 bits per heavy atom. The Hall–Kier alpha value is -2.09. The van der Waals surface area contributed by atoms with Gasteiger partial charge >= 0.3 is 12.1 Å². The summed E-state index contributed by atoms with van der Waals surface area (Å²) < 4.78 is 49.6. The molecule has 8 heteroatoms. The van der Waals surface area contributed by atoms with E-state index in [1.54, 1.807) is 13.8 Å². The lowest BCUT2D eigenvalue weighted by Crippen LogP contribution is -2.41. The first-order valence-corrected chi connectivity index (χ1v) is 7.49. The standard InChI is InChI=1S/C16H18F3NO4/c1-3-15(9-12(21)22)14(23-4-2)24-13(20-15)10-6-5-7-11(8-10)16(17,18)19/h5-8,14H,3-4,9H2,1-2H3,(H,21,22). The molecule has 1 N–H and O–H groups in total. The summed E-state index contributed by atoms with van der Waals surface area (Å²) in [5.74, 6) is -1.12. The lowest BCUT2D eigenvalue weighted by atomic mass is 9.92. The maximum atomic E-state index is 12.9. The van der Waals surface area contributed by atoms with E-state index < -0.39 is 29.5 Å². The SMILES string of the molecule is CCOC1OC(c2cccc(C(F)(F)F)c2)=NC1(CC)CC(=O)O. The molecule has 1 aliphatic heterocycles. The molecule has 0 aliphatic carbocycles. The van der Waals surface area contributed by atoms with Crippen LogP contribution in [0.4, 0.5) is 13.2 Å². The lowest BCUT2D eigenvalue weighted by Gasteiger charge is -2.28. The van der Waals surface area contributed by atoms with Crippen LogP contribution in [0.2, 0.25) is 0 Å². The van der Waals surface area contributed by atoms with Crippen molar-refractivity contribution in [1.29, 1.82) is 0 Å². The van der Waals surface area contributed by atoms with Crippen molar-refractivity contribution in [3.05, 3.63) is 35.4 Å². The maximum absolute atomic E-state index is 12.9. The monoisotopic (exact) mass is 345 g/mol. The van der Waals surface area contributed by atoms with Crippen molar-refractivity contribution in [2.24, 2.45) is 4.99 Å². The molecule has 1 aromatic carbocycles. The molecule has 2 unspecified atom stereocenters. The number of aliphatic carboxylic acids is 1. The molecule has 0 saturated heterocycles. The molecule has 24 heavy (non-hydrogen) atoms. The van der Waals surface area contributed by atoms with Gasteiger partial charge in [-0.15, -0.1) is 0 Å². The number of alkyl halides is 3. The molecule has 0 fully saturated rings. The maximum Gasteiger partial charge on any atom is 0.416 e. The van der Waals surface area contributed by atoms with Crippen molar-refractivity contribution < 1.29 is 32.5 Å². The molecule has 0 spiro atoms. The zero-order valence-corrected chi connectivity index (χ0v) is 13.3. The van der Waals surface area contributed by atoms with Crippen LogP contribution in [0.5, 0.6) is 0 Å². The van der Waals surface area contributed by atoms with E-state index in [9.17, 15) is 18.0 Å². The molecule has 0 bridgehead atoms. The van der Waals surface area contributed by atoms with Gasteiger partial charge in [-0.2, -0.15) is 13.2 Å². The van der Waals surface area contributed by atoms with Gasteiger partial charge in [0.25, 0.3) is 0 Å². The number of rotatable bonds is 6. The average molecular weight is 345 g/mol. The van der Waals surface area contributed by atoms with Crippen LogP contribution in [0.1, 0.15) is 37.8 Å². The smallest absolute Gasteiger partial charge is 0.416 e. The Balaban J connectivity index is 2.42. The quantitative estimate of drug-likeness (QED) is 0.857. The third kappa shape index (κ3) is 3.69. The van der Waals surface area contributed by atoms with Crippen LogP contribution in [0.3, 0.4) is 0 Å². The second kappa shape index (κ2) is 6.80. The van der Waals surface area contributed by atoms with Crippen LogP contribution in [-0.2, 0) is 20.4 Å². The summed E-state index contributed by atoms with van der Waals surface area (Å²) >= 11 is 0. The summed E-state index contributed by atoms with van der Waals surface area (Å²) in [6, 6.07) is 4.56. The van der Waals surface area contributed by atoms with Crippen molar-refractivity contribution in [3.63, 3.8) is 0 Å². The van der Waals surface area contributed by atoms with Crippen LogP contribution in [0, 0.1) is 0 Å². The largest absolute Gasteiger partial charge is 0.481 e. The molecule has 1 aliphatic rings. The number of carboxylic acid groups (broad SMARTS) is 1. The Morgan fingerprint density at radius 3 is 2.67 bits per heavy atom. The molecule has 0 radical (unpaired) electrons. The average Bonchev–Trinajstić information content (AvgIpc) is 2.85. The van der Waals surface area contributed by atoms with Crippen molar-refractivity contribution >= 4 is 11.9 Å². The predicted molar refractivity (Wildman–Crippen MR) is 79.8 cm³/mol. The lowest BCUT2D eigenvalue weighted by molar-refractivity contribution is -0.148. The summed E-state index contributed by atoms with van der Waals surface area (Å²) in [7, 11) is 0. The van der Waals surface area contributed by atoms with E-state index in [2.05, 4.69) is 4.99 Å². The Kier molecular flexibility index (Phi) is 5.17. The minimum absolute atomic E-state index is 0.0392. The topological polar surface area (TPSA) is 68.1 Å². The molecule has 0 amide bonds. The van der Waals surface area contributed by atoms with Crippen LogP contribution in [-0.4, -0.2) is 35.4 Å². The van der Waals surface area contributed by atoms with Crippen molar-refractivity contribution in [1.82, 2.24) is 0 Å². The molecule has 1 aromatic rings. The Bertz CT molecular complexity index is 644. The van der Waals surface area contributed by atoms with Crippen molar-refractivity contribution in [3.8, 4) is 0 Å². The summed E-state index contributed by atoms with van der Waals surface area (Å²) in [5.41, 5.74) is -1.85. The van der Waals surface area contributed by atoms with Gasteiger partial charge < -0.3 is 14.6 Å². The molecular weight excluding hydrogens is 327 g/mol. The van der Waals surface area contributed by atoms with E-state index in [1.165, 1.54) is 12.1 Å². The number of aliphatic imine (C=N–C) groups is 1. The molecule has 2 atom stereocenters. The molecule has 0 saturated carbocycles. The number of hydrogen-bond donors (Lipinski definition) is 1. The first kappa shape index (κ1) is 18.3. The zero-order valence-electron chi connectivity index (χ0n) is 13.3. The van der Waals surface area contributed by atoms with Crippen LogP contribution >= 0.6 is 0 Å². The third-order valence-corrected chi connectivity index (χ3v) is 3.81. The normalized spacial score (nSPS) is 23.7. The molecule has 1 heterocycles. The second-order valence-corrected chi connectivity index (χ2v) is 5.43. The fourth-order valence-corrected chi connectivity index (χ4v) is 2.55. The minimum atomic E-state index is -4.49. The number of hydrogen-bond acceptors (Lipinski definition) is 4. The molecule has 2 rings (SSSR count). The van der Waals surface area contributed by atoms with E-state index in [1.807, 2.05) is 0 Å². The van der Waals surface area contributed by atoms with Gasteiger partial charge in [0.15, 0.2) is 0 Å². The van der Waals surface area contributed by atoms with Crippen LogP contribution < -0.4 is 0 Å². The highest BCUT2D eigenvalue weighted by atomic mass is 19.4. The summed E-state index contributed by atoms with van der Waals surface area (Å²) in [6.45, 7) is 3.71. The fourth-order valence-electron chi connectivity index (χ4n) is 2.55. The number of halogens is 3. The molecule has 5 nitrogen and oxygen atoms in total. The van der Waals surface area contributed by atoms with Gasteiger partial charge in [-0.05, 0) is 31.5 Å². The zero-order chi connectivity index (χ0) is 18.0. The van der Waals surface area contributed by atoms with Gasteiger partial charge in [0.05, 0.1) is 12.0 Å². The van der Waals surface area contributed by atoms with Gasteiger partial charge in [0, 0.05) is 12.2 Å². The summed E-state index contributed by atoms with van der Waals surface area (Å²) in [6.07, 6.45) is -5.46. The number of ether oxygens (including phenoxy) is 2. The van der Waals surface area contributed by atoms with Crippen molar-refractivity contribution in [2.45, 2.75) is 44.7 Å². The Labute approximate surface area is 137 Å². The predicted octanol–water partition coefficient (Wildman–Crippen LogP) is 3.47. The van der Waals surface area contributed by atoms with Gasteiger partial charge in [-0.1, -0.05) is 13.0 Å². The first-order chi connectivity index (χ1) is 11.2. The molecular formula is C16H18F3NO4. The molecule has 0 aromatic heterocycles. The fraction of sp³-hybridized carbons (Fsp3) is 0.500. The third-order valence-electron chi connectivity index (χ3n) is 3.81. The number of carboxylic acids is 1. The van der Waals surface area contributed by atoms with E-state index in [-0.39, 0.29) is 24.5 Å². The van der Waals surface area contributed by atoms with E-state index in [4.69, 9.17) is 14.6 Å². The highest BCUT2D eigenvalue weighted by Crippen LogP contribution is 2.36. The summed E-state index contributed by atoms with van der Waals surface area (Å²) in [4.78, 5) is 15.5. The number of benzene rings is 1. The van der Waals surface area contributed by atoms with E-state index in [0.717, 1.165) is 12.1 Å². The van der Waals surface area contributed by atoms with E-state index in [0.29, 0.717) is 6.42 Å². The molecule has 132 valence electrons. The van der Waals surface area contributed by atoms with Gasteiger partial charge in [0.2, 0.25) is 12.2 Å². The van der Waals surface area contributed by atoms with E-state index >= 15 is 0 Å². The van der Waals surface area contributed by atoms with Gasteiger partial charge in [-0.25, -0.2) is 4.99 Å². The first-order valence-electron chi connectivity index (χ1n) is 7.49. The number of nitrogens with zero attached hydrogens (tertiary/aromatic N) is 1. The van der Waals surface area contributed by atoms with Gasteiger partial charge in [-0.3, -0.25) is 4.79 Å². The summed E-state index contributed by atoms with van der Waals surface area (Å²) in [5, 5.41) is 9.13. The van der Waals surface area contributed by atoms with Crippen LogP contribution in [0.15, 0.2) is 29.3 Å². The van der Waals surface area contributed by atoms with Crippen molar-refractivity contribution in [2.75, 3.05) is 6.61 Å². The second-order valence-electron chi connectivity index (χ2n) is 5.43. The van der Waals surface area contributed by atoms with Gasteiger partial charge in [0.1, 0.15) is 5.54 Å². The van der Waals surface area contributed by atoms with Crippen LogP contribution in [0.25, 0.3) is 0 Å².